The van der Waals surface area contributed by atoms with Crippen molar-refractivity contribution < 1.29 is 13.2 Å². The van der Waals surface area contributed by atoms with Crippen LogP contribution in [-0.4, -0.2) is 36.3 Å². The Bertz CT molecular complexity index is 1150. The van der Waals surface area contributed by atoms with Crippen LogP contribution in [-0.2, 0) is 16.6 Å². The van der Waals surface area contributed by atoms with E-state index in [4.69, 9.17) is 0 Å². The third-order valence-corrected chi connectivity index (χ3v) is 7.47. The van der Waals surface area contributed by atoms with Crippen LogP contribution in [0, 0.1) is 13.8 Å². The van der Waals surface area contributed by atoms with Gasteiger partial charge in [-0.2, -0.15) is 4.31 Å². The number of benzene rings is 2. The Labute approximate surface area is 184 Å². The first kappa shape index (κ1) is 22.8. The van der Waals surface area contributed by atoms with Gasteiger partial charge in [0, 0.05) is 36.7 Å². The first-order chi connectivity index (χ1) is 14.8. The maximum atomic E-state index is 12.8. The van der Waals surface area contributed by atoms with Gasteiger partial charge in [0.25, 0.3) is 5.91 Å². The molecular formula is C24H29N3O3S. The smallest absolute Gasteiger partial charge is 0.253 e. The second-order valence-corrected chi connectivity index (χ2v) is 9.31. The highest BCUT2D eigenvalue weighted by Gasteiger charge is 2.21. The molecule has 0 aliphatic carbocycles. The summed E-state index contributed by atoms with van der Waals surface area (Å²) in [5, 5.41) is 2.94. The van der Waals surface area contributed by atoms with Crippen LogP contribution in [0.1, 0.15) is 41.2 Å². The van der Waals surface area contributed by atoms with Crippen LogP contribution in [0.4, 0.5) is 0 Å². The monoisotopic (exact) mass is 439 g/mol. The molecule has 0 radical (unpaired) electrons. The van der Waals surface area contributed by atoms with Crippen LogP contribution in [0.3, 0.4) is 0 Å². The molecule has 2 aromatic carbocycles. The molecule has 7 heteroatoms. The molecule has 3 rings (SSSR count). The molecule has 0 unspecified atom stereocenters. The average molecular weight is 440 g/mol. The van der Waals surface area contributed by atoms with E-state index in [1.807, 2.05) is 64.1 Å². The van der Waals surface area contributed by atoms with Crippen LogP contribution in [0.2, 0.25) is 0 Å². The van der Waals surface area contributed by atoms with Gasteiger partial charge in [0.05, 0.1) is 10.5 Å². The number of nitrogens with one attached hydrogen (secondary N) is 1. The summed E-state index contributed by atoms with van der Waals surface area (Å²) >= 11 is 0. The molecule has 0 aliphatic heterocycles. The summed E-state index contributed by atoms with van der Waals surface area (Å²) in [7, 11) is -3.48. The second-order valence-electron chi connectivity index (χ2n) is 7.37. The van der Waals surface area contributed by atoms with Crippen molar-refractivity contribution in [2.24, 2.45) is 0 Å². The fourth-order valence-corrected chi connectivity index (χ4v) is 5.19. The number of carbonyl (C=O) groups excluding carboxylic acids is 1. The Morgan fingerprint density at radius 2 is 1.58 bits per heavy atom. The van der Waals surface area contributed by atoms with Gasteiger partial charge in [-0.25, -0.2) is 8.42 Å². The Balaban J connectivity index is 1.72. The Morgan fingerprint density at radius 1 is 0.968 bits per heavy atom. The number of aryl methyl sites for hydroxylation is 1. The lowest BCUT2D eigenvalue weighted by atomic mass is 10.2. The molecular weight excluding hydrogens is 410 g/mol. The molecule has 1 N–H and O–H groups in total. The van der Waals surface area contributed by atoms with Gasteiger partial charge in [-0.05, 0) is 49.7 Å². The van der Waals surface area contributed by atoms with Crippen molar-refractivity contribution in [1.29, 1.82) is 0 Å². The predicted octanol–water partition coefficient (Wildman–Crippen LogP) is 4.05. The highest BCUT2D eigenvalue weighted by molar-refractivity contribution is 7.89. The van der Waals surface area contributed by atoms with Gasteiger partial charge in [0.1, 0.15) is 0 Å². The number of para-hydroxylation sites is 1. The summed E-state index contributed by atoms with van der Waals surface area (Å²) in [6.45, 7) is 8.72. The fraction of sp³-hybridized carbons (Fsp3) is 0.292. The third-order valence-electron chi connectivity index (χ3n) is 5.41. The molecule has 0 fully saturated rings. The third kappa shape index (κ3) is 4.73. The molecule has 0 saturated carbocycles. The largest absolute Gasteiger partial charge is 0.348 e. The van der Waals surface area contributed by atoms with Crippen molar-refractivity contribution in [3.63, 3.8) is 0 Å². The molecule has 164 valence electrons. The number of sulfonamides is 1. The lowest BCUT2D eigenvalue weighted by Gasteiger charge is -2.18. The number of nitrogens with zero attached hydrogens (tertiary/aromatic N) is 2. The van der Waals surface area contributed by atoms with E-state index in [1.54, 1.807) is 24.3 Å². The first-order valence-corrected chi connectivity index (χ1v) is 11.8. The maximum Gasteiger partial charge on any atom is 0.253 e. The number of amides is 1. The second kappa shape index (κ2) is 9.49. The van der Waals surface area contributed by atoms with Crippen molar-refractivity contribution in [2.45, 2.75) is 39.1 Å². The van der Waals surface area contributed by atoms with E-state index in [2.05, 4.69) is 9.88 Å². The lowest BCUT2D eigenvalue weighted by molar-refractivity contribution is 0.0950. The van der Waals surface area contributed by atoms with E-state index in [0.29, 0.717) is 25.2 Å². The topological polar surface area (TPSA) is 71.4 Å². The number of hydrogen-bond donors (Lipinski definition) is 1. The van der Waals surface area contributed by atoms with E-state index in [9.17, 15) is 13.2 Å². The summed E-state index contributed by atoms with van der Waals surface area (Å²) in [6, 6.07) is 18.5. The molecule has 1 amide bonds. The Hall–Kier alpha value is -2.90. The van der Waals surface area contributed by atoms with Crippen molar-refractivity contribution in [3.05, 3.63) is 83.2 Å². The minimum Gasteiger partial charge on any atom is -0.348 e. The summed E-state index contributed by atoms with van der Waals surface area (Å²) < 4.78 is 28.7. The minimum absolute atomic E-state index is 0.157. The highest BCUT2D eigenvalue weighted by Crippen LogP contribution is 2.21. The summed E-state index contributed by atoms with van der Waals surface area (Å²) in [4.78, 5) is 13.1. The molecule has 1 aromatic heterocycles. The zero-order chi connectivity index (χ0) is 22.6. The fourth-order valence-electron chi connectivity index (χ4n) is 3.74. The number of carbonyl (C=O) groups is 1. The number of aromatic nitrogens is 1. The summed E-state index contributed by atoms with van der Waals surface area (Å²) in [5.74, 6) is -0.157. The Kier molecular flexibility index (Phi) is 6.97. The van der Waals surface area contributed by atoms with Crippen LogP contribution in [0.25, 0.3) is 5.69 Å². The van der Waals surface area contributed by atoms with Gasteiger partial charge < -0.3 is 9.88 Å². The van der Waals surface area contributed by atoms with Crippen LogP contribution in [0.5, 0.6) is 0 Å². The molecule has 31 heavy (non-hydrogen) atoms. The van der Waals surface area contributed by atoms with E-state index in [-0.39, 0.29) is 10.8 Å². The minimum atomic E-state index is -3.48. The van der Waals surface area contributed by atoms with E-state index in [1.165, 1.54) is 4.31 Å². The highest BCUT2D eigenvalue weighted by atomic mass is 32.2. The van der Waals surface area contributed by atoms with Crippen molar-refractivity contribution in [1.82, 2.24) is 14.2 Å². The predicted molar refractivity (Wildman–Crippen MR) is 123 cm³/mol. The molecule has 6 nitrogen and oxygen atoms in total. The van der Waals surface area contributed by atoms with Crippen molar-refractivity contribution in [3.8, 4) is 5.69 Å². The Morgan fingerprint density at radius 3 is 2.16 bits per heavy atom. The molecule has 1 heterocycles. The lowest BCUT2D eigenvalue weighted by Crippen LogP contribution is -2.30. The van der Waals surface area contributed by atoms with Crippen LogP contribution >= 0.6 is 0 Å². The number of hydrogen-bond acceptors (Lipinski definition) is 3. The molecule has 0 bridgehead atoms. The number of rotatable bonds is 8. The van der Waals surface area contributed by atoms with Gasteiger partial charge in [-0.3, -0.25) is 4.79 Å². The maximum absolute atomic E-state index is 12.8. The first-order valence-electron chi connectivity index (χ1n) is 10.4. The SMILES string of the molecule is CCN(CC)S(=O)(=O)c1ccc(CNC(=O)c2cc(C)n(-c3ccccc3)c2C)cc1. The average Bonchev–Trinajstić information content (AvgIpc) is 3.07. The molecule has 0 saturated heterocycles. The summed E-state index contributed by atoms with van der Waals surface area (Å²) in [6.07, 6.45) is 0. The normalized spacial score (nSPS) is 11.6. The molecule has 0 spiro atoms. The van der Waals surface area contributed by atoms with Gasteiger partial charge in [0.15, 0.2) is 0 Å². The summed E-state index contributed by atoms with van der Waals surface area (Å²) in [5.41, 5.74) is 4.34. The molecule has 0 atom stereocenters. The standard InChI is InChI=1S/C24H29N3O3S/c1-5-26(6-2)31(29,30)22-14-12-20(13-15-22)17-25-24(28)23-16-18(3)27(19(23)4)21-10-8-7-9-11-21/h7-16H,5-6,17H2,1-4H3,(H,25,28). The van der Waals surface area contributed by atoms with Gasteiger partial charge >= 0.3 is 0 Å². The van der Waals surface area contributed by atoms with E-state index in [0.717, 1.165) is 22.6 Å². The van der Waals surface area contributed by atoms with Crippen molar-refractivity contribution in [2.75, 3.05) is 13.1 Å². The zero-order valence-corrected chi connectivity index (χ0v) is 19.2. The van der Waals surface area contributed by atoms with Gasteiger partial charge in [0.2, 0.25) is 10.0 Å². The quantitative estimate of drug-likeness (QED) is 0.575. The molecule has 0 aliphatic rings. The van der Waals surface area contributed by atoms with Crippen LogP contribution < -0.4 is 5.32 Å². The van der Waals surface area contributed by atoms with Crippen LogP contribution in [0.15, 0.2) is 65.6 Å². The van der Waals surface area contributed by atoms with E-state index >= 15 is 0 Å². The zero-order valence-electron chi connectivity index (χ0n) is 18.4. The molecule has 3 aromatic rings. The van der Waals surface area contributed by atoms with E-state index < -0.39 is 10.0 Å². The van der Waals surface area contributed by atoms with Gasteiger partial charge in [-0.1, -0.05) is 44.2 Å². The van der Waals surface area contributed by atoms with Crippen molar-refractivity contribution >= 4 is 15.9 Å². The van der Waals surface area contributed by atoms with Gasteiger partial charge in [-0.15, -0.1) is 0 Å².